The SMILES string of the molecule is c1ccc(C2=NN(c3ccccc3)C34c5c6c7c8c9c%10c(c%11c%12c3c3c5c5c%13c6c6c7c7c9c9c%14c%10c%10c%11c%11c%12c%12c3c3c5c5c%13c%13c6c6c7c9c7c9c%14c%10c%10c%11c%11c%12c3c3c5c5c%13c6c7c6c9c%10c%11c3c56)C284)cc1. The van der Waals surface area contributed by atoms with Gasteiger partial charge in [0.2, 0.25) is 0 Å². The van der Waals surface area contributed by atoms with Crippen LogP contribution in [-0.2, 0) is 11.0 Å². The second-order valence-electron chi connectivity index (χ2n) is 26.7. The monoisotopic (exact) mass is 914 g/mol. The van der Waals surface area contributed by atoms with Crippen LogP contribution in [-0.4, -0.2) is 5.71 Å². The smallest absolute Gasteiger partial charge is 0.135 e. The molecule has 0 bridgehead atoms. The van der Waals surface area contributed by atoms with Crippen molar-refractivity contribution in [3.63, 3.8) is 0 Å². The largest absolute Gasteiger partial charge is 0.248 e. The van der Waals surface area contributed by atoms with Crippen LogP contribution < -0.4 is 5.01 Å². The fourth-order valence-electron chi connectivity index (χ4n) is 25.9. The molecule has 0 N–H and O–H groups in total. The fraction of sp³-hybridized carbons (Fsp3) is 0.0274. The van der Waals surface area contributed by atoms with Gasteiger partial charge in [-0.3, -0.25) is 0 Å². The normalized spacial score (nSPS) is 21.8. The highest BCUT2D eigenvalue weighted by Gasteiger charge is 2.76. The van der Waals surface area contributed by atoms with Crippen LogP contribution in [0.15, 0.2) is 65.8 Å². The van der Waals surface area contributed by atoms with E-state index in [-0.39, 0.29) is 0 Å². The van der Waals surface area contributed by atoms with Crippen LogP contribution in [0, 0.1) is 0 Å². The molecule has 0 saturated carbocycles. The molecule has 0 unspecified atom stereocenters. The molecule has 2 spiro atoms. The lowest BCUT2D eigenvalue weighted by molar-refractivity contribution is 0.425. The van der Waals surface area contributed by atoms with Gasteiger partial charge in [0.1, 0.15) is 11.0 Å². The van der Waals surface area contributed by atoms with Gasteiger partial charge >= 0.3 is 0 Å². The number of para-hydroxylation sites is 1. The molecule has 0 aromatic heterocycles. The van der Waals surface area contributed by atoms with E-state index >= 15 is 0 Å². The Morgan fingerprint density at radius 2 is 0.413 bits per heavy atom. The number of benzene rings is 20. The summed E-state index contributed by atoms with van der Waals surface area (Å²) < 4.78 is 0. The topological polar surface area (TPSA) is 15.6 Å². The minimum Gasteiger partial charge on any atom is -0.248 e. The summed E-state index contributed by atoms with van der Waals surface area (Å²) in [6, 6.07) is 23.4. The summed E-state index contributed by atoms with van der Waals surface area (Å²) in [5, 5.41) is 96.9. The van der Waals surface area contributed by atoms with Crippen molar-refractivity contribution in [3.05, 3.63) is 88.5 Å². The van der Waals surface area contributed by atoms with Crippen molar-refractivity contribution in [2.75, 3.05) is 5.01 Å². The predicted molar refractivity (Wildman–Crippen MR) is 316 cm³/mol. The van der Waals surface area contributed by atoms with Gasteiger partial charge in [-0.2, -0.15) is 5.10 Å². The Kier molecular flexibility index (Phi) is 2.43. The van der Waals surface area contributed by atoms with E-state index in [9.17, 15) is 0 Å². The van der Waals surface area contributed by atoms with Crippen LogP contribution in [0.3, 0.4) is 0 Å². The Morgan fingerprint density at radius 3 is 0.653 bits per heavy atom. The number of nitrogens with zero attached hydrogens (tertiary/aromatic N) is 2. The fourth-order valence-corrected chi connectivity index (χ4v) is 25.9. The zero-order chi connectivity index (χ0) is 44.6. The van der Waals surface area contributed by atoms with Gasteiger partial charge in [-0.25, -0.2) is 5.01 Å². The second-order valence-corrected chi connectivity index (χ2v) is 26.7. The van der Waals surface area contributed by atoms with Gasteiger partial charge in [-0.15, -0.1) is 0 Å². The Balaban J connectivity index is 1.14. The van der Waals surface area contributed by atoms with Crippen LogP contribution in [0.4, 0.5) is 5.69 Å². The molecule has 75 heavy (non-hydrogen) atoms. The quantitative estimate of drug-likeness (QED) is 0.158. The zero-order valence-electron chi connectivity index (χ0n) is 38.2. The second kappa shape index (κ2) is 6.50. The Hall–Kier alpha value is -9.63. The molecule has 0 atom stereocenters. The molecule has 35 rings (SSSR count). The molecular formula is C73H10N2. The third-order valence-electron chi connectivity index (χ3n) is 26.2. The Morgan fingerprint density at radius 1 is 0.213 bits per heavy atom. The third kappa shape index (κ3) is 1.54. The molecule has 0 saturated heterocycles. The van der Waals surface area contributed by atoms with Gasteiger partial charge in [0.15, 0.2) is 0 Å². The van der Waals surface area contributed by atoms with Gasteiger partial charge in [0.25, 0.3) is 0 Å². The van der Waals surface area contributed by atoms with E-state index < -0.39 is 11.0 Å². The minimum absolute atomic E-state index is 0.629. The molecule has 1 heterocycles. The molecule has 2 heteroatoms. The molecule has 4 aliphatic carbocycles. The molecule has 30 aromatic rings. The van der Waals surface area contributed by atoms with Crippen LogP contribution in [0.25, 0.3) is 291 Å². The predicted octanol–water partition coefficient (Wildman–Crippen LogP) is 19.2. The van der Waals surface area contributed by atoms with Crippen molar-refractivity contribution in [1.82, 2.24) is 0 Å². The molecule has 2 nitrogen and oxygen atoms in total. The summed E-state index contributed by atoms with van der Waals surface area (Å²) in [4.78, 5) is 0. The van der Waals surface area contributed by atoms with Crippen molar-refractivity contribution in [2.24, 2.45) is 5.10 Å². The summed E-state index contributed by atoms with van der Waals surface area (Å²) >= 11 is 0. The lowest BCUT2D eigenvalue weighted by Gasteiger charge is -2.53. The van der Waals surface area contributed by atoms with Crippen LogP contribution in [0.1, 0.15) is 27.8 Å². The van der Waals surface area contributed by atoms with Gasteiger partial charge in [0, 0.05) is 11.1 Å². The average molecular weight is 915 g/mol. The van der Waals surface area contributed by atoms with Crippen molar-refractivity contribution < 1.29 is 0 Å². The number of rotatable bonds is 2. The Labute approximate surface area is 409 Å². The molecule has 0 radical (unpaired) electrons. The van der Waals surface area contributed by atoms with Crippen molar-refractivity contribution >= 4 is 302 Å². The summed E-state index contributed by atoms with van der Waals surface area (Å²) in [7, 11) is 0. The van der Waals surface area contributed by atoms with Crippen molar-refractivity contribution in [2.45, 2.75) is 11.0 Å². The molecule has 0 fully saturated rings. The maximum atomic E-state index is 6.53. The molecule has 0 amide bonds. The molecular weight excluding hydrogens is 905 g/mol. The summed E-state index contributed by atoms with van der Waals surface area (Å²) in [5.41, 5.74) is 8.90. The van der Waals surface area contributed by atoms with Crippen molar-refractivity contribution in [1.29, 1.82) is 0 Å². The standard InChI is InChI=1S/C73H10N2/c1-3-7-11(8-4-1)71-72-67-59-51-41-31-23-15-13-14-17-21-19(15)27-35-29(21)39-33-25(17)26-18(14)22-20-16(13)24(23)32-38-28(20)36-30(22)40-34(26)44-43(33)55-49(39)57-47(35)53(45(51)37(27)31)61(67)63(57)69-65(55)66-56(44)50(40)58-48(36)54-46(38)52(42(32)41)60(59)68(72)62(54)64(58)70(66)73(69,72)75(74-71)12-9-5-2-6-10-12/h1-10H. The van der Waals surface area contributed by atoms with E-state index in [1.165, 1.54) is 17.0 Å². The van der Waals surface area contributed by atoms with Crippen LogP contribution in [0.2, 0.25) is 0 Å². The zero-order valence-corrected chi connectivity index (χ0v) is 38.2. The van der Waals surface area contributed by atoms with E-state index in [0.717, 1.165) is 0 Å². The highest BCUT2D eigenvalue weighted by atomic mass is 15.5. The summed E-state index contributed by atoms with van der Waals surface area (Å²) in [6.07, 6.45) is 0. The first-order valence-electron chi connectivity index (χ1n) is 27.7. The van der Waals surface area contributed by atoms with Crippen LogP contribution >= 0.6 is 0 Å². The first kappa shape index (κ1) is 28.0. The molecule has 312 valence electrons. The molecule has 5 aliphatic rings. The summed E-state index contributed by atoms with van der Waals surface area (Å²) in [6.45, 7) is 0. The van der Waals surface area contributed by atoms with Gasteiger partial charge in [0.05, 0.1) is 11.4 Å². The molecule has 1 aliphatic heterocycles. The minimum atomic E-state index is -0.676. The number of anilines is 1. The van der Waals surface area contributed by atoms with Crippen molar-refractivity contribution in [3.8, 4) is 0 Å². The maximum Gasteiger partial charge on any atom is 0.135 e. The third-order valence-corrected chi connectivity index (χ3v) is 26.2. The van der Waals surface area contributed by atoms with E-state index in [4.69, 9.17) is 5.10 Å². The van der Waals surface area contributed by atoms with E-state index in [1.807, 2.05) is 0 Å². The van der Waals surface area contributed by atoms with Gasteiger partial charge in [-0.1, -0.05) is 48.5 Å². The van der Waals surface area contributed by atoms with E-state index in [0.29, 0.717) is 0 Å². The first-order chi connectivity index (χ1) is 37.4. The number of hydrogen-bond acceptors (Lipinski definition) is 2. The lowest BCUT2D eigenvalue weighted by Crippen LogP contribution is -2.59. The van der Waals surface area contributed by atoms with E-state index in [2.05, 4.69) is 65.7 Å². The highest BCUT2D eigenvalue weighted by molar-refractivity contribution is 6.82. The maximum absolute atomic E-state index is 6.53. The Bertz CT molecular complexity index is 7610. The average Bonchev–Trinajstić information content (AvgIpc) is 3.40. The number of hydrazone groups is 1. The number of hydrogen-bond donors (Lipinski definition) is 0. The van der Waals surface area contributed by atoms with Crippen LogP contribution in [0.5, 0.6) is 0 Å². The highest BCUT2D eigenvalue weighted by Crippen LogP contribution is 2.86. The van der Waals surface area contributed by atoms with Gasteiger partial charge in [-0.05, 0) is 320 Å². The van der Waals surface area contributed by atoms with Gasteiger partial charge < -0.3 is 0 Å². The first-order valence-corrected chi connectivity index (χ1v) is 27.7. The molecule has 30 aromatic carbocycles. The van der Waals surface area contributed by atoms with E-state index in [1.54, 1.807) is 313 Å². The lowest BCUT2D eigenvalue weighted by atomic mass is 9.50. The summed E-state index contributed by atoms with van der Waals surface area (Å²) in [5.74, 6) is 0.